The Bertz CT molecular complexity index is 312. The van der Waals surface area contributed by atoms with Crippen molar-refractivity contribution < 1.29 is 0 Å². The zero-order valence-electron chi connectivity index (χ0n) is 11.1. The van der Waals surface area contributed by atoms with Gasteiger partial charge in [0.05, 0.1) is 0 Å². The normalized spacial score (nSPS) is 51.0. The molecule has 1 aliphatic heterocycles. The summed E-state index contributed by atoms with van der Waals surface area (Å²) in [6.07, 6.45) is 9.10. The highest BCUT2D eigenvalue weighted by atomic mass is 15.3. The average Bonchev–Trinajstić information content (AvgIpc) is 3.01. The molecule has 0 aromatic heterocycles. The van der Waals surface area contributed by atoms with Crippen LogP contribution in [-0.2, 0) is 0 Å². The summed E-state index contributed by atoms with van der Waals surface area (Å²) >= 11 is 0. The maximum absolute atomic E-state index is 3.65. The van der Waals surface area contributed by atoms with Crippen molar-refractivity contribution >= 4 is 0 Å². The first kappa shape index (κ1) is 10.8. The fourth-order valence-electron chi connectivity index (χ4n) is 5.12. The molecule has 1 heterocycles. The summed E-state index contributed by atoms with van der Waals surface area (Å²) in [5.74, 6) is 3.13. The number of nitrogens with one attached hydrogen (secondary N) is 1. The standard InChI is InChI=1S/C15H26N2/c1-15(13-4-5-13)10-16-6-7-17(15)14-9-11-2-3-12(14)8-11/h11-14,16H,2-10H2,1H3. The lowest BCUT2D eigenvalue weighted by Gasteiger charge is -2.51. The van der Waals surface area contributed by atoms with Crippen LogP contribution in [0.2, 0.25) is 0 Å². The van der Waals surface area contributed by atoms with Crippen molar-refractivity contribution in [2.24, 2.45) is 17.8 Å². The minimum atomic E-state index is 0.493. The molecule has 0 aromatic rings. The minimum absolute atomic E-state index is 0.493. The Kier molecular flexibility index (Phi) is 2.36. The van der Waals surface area contributed by atoms with Gasteiger partial charge in [0.25, 0.3) is 0 Å². The molecule has 4 fully saturated rings. The Morgan fingerprint density at radius 3 is 2.65 bits per heavy atom. The lowest BCUT2D eigenvalue weighted by molar-refractivity contribution is -0.00474. The van der Waals surface area contributed by atoms with Crippen molar-refractivity contribution in [2.75, 3.05) is 19.6 Å². The molecule has 4 aliphatic rings. The average molecular weight is 234 g/mol. The van der Waals surface area contributed by atoms with Crippen LogP contribution >= 0.6 is 0 Å². The predicted molar refractivity (Wildman–Crippen MR) is 69.9 cm³/mol. The maximum Gasteiger partial charge on any atom is 0.0337 e. The van der Waals surface area contributed by atoms with Crippen LogP contribution in [0.25, 0.3) is 0 Å². The van der Waals surface area contributed by atoms with E-state index in [0.29, 0.717) is 5.54 Å². The van der Waals surface area contributed by atoms with Crippen LogP contribution in [0.4, 0.5) is 0 Å². The first-order chi connectivity index (χ1) is 8.27. The van der Waals surface area contributed by atoms with Crippen molar-refractivity contribution in [1.29, 1.82) is 0 Å². The van der Waals surface area contributed by atoms with Gasteiger partial charge < -0.3 is 5.32 Å². The molecule has 96 valence electrons. The van der Waals surface area contributed by atoms with E-state index in [1.54, 1.807) is 6.42 Å². The molecule has 3 saturated carbocycles. The van der Waals surface area contributed by atoms with E-state index < -0.39 is 0 Å². The Balaban J connectivity index is 1.58. The molecule has 0 amide bonds. The van der Waals surface area contributed by atoms with Crippen molar-refractivity contribution in [3.8, 4) is 0 Å². The van der Waals surface area contributed by atoms with E-state index in [9.17, 15) is 0 Å². The molecule has 1 N–H and O–H groups in total. The van der Waals surface area contributed by atoms with Gasteiger partial charge in [-0.25, -0.2) is 0 Å². The second-order valence-corrected chi connectivity index (χ2v) is 7.24. The molecule has 4 atom stereocenters. The highest BCUT2D eigenvalue weighted by Crippen LogP contribution is 2.51. The fraction of sp³-hybridized carbons (Fsp3) is 1.00. The Hall–Kier alpha value is -0.0800. The smallest absolute Gasteiger partial charge is 0.0337 e. The molecule has 2 heteroatoms. The zero-order valence-corrected chi connectivity index (χ0v) is 11.1. The van der Waals surface area contributed by atoms with E-state index in [4.69, 9.17) is 0 Å². The van der Waals surface area contributed by atoms with Crippen LogP contribution in [0, 0.1) is 17.8 Å². The summed E-state index contributed by atoms with van der Waals surface area (Å²) in [6, 6.07) is 0.946. The van der Waals surface area contributed by atoms with E-state index in [1.165, 1.54) is 51.7 Å². The van der Waals surface area contributed by atoms with Crippen molar-refractivity contribution in [3.05, 3.63) is 0 Å². The first-order valence-corrected chi connectivity index (χ1v) is 7.75. The van der Waals surface area contributed by atoms with Gasteiger partial charge in [0.15, 0.2) is 0 Å². The van der Waals surface area contributed by atoms with Gasteiger partial charge in [-0.1, -0.05) is 6.42 Å². The Labute approximate surface area is 105 Å². The quantitative estimate of drug-likeness (QED) is 0.788. The monoisotopic (exact) mass is 234 g/mol. The molecule has 4 unspecified atom stereocenters. The Morgan fingerprint density at radius 1 is 1.12 bits per heavy atom. The molecular formula is C15H26N2. The lowest BCUT2D eigenvalue weighted by Crippen LogP contribution is -2.64. The van der Waals surface area contributed by atoms with Gasteiger partial charge in [0.2, 0.25) is 0 Å². The molecule has 4 rings (SSSR count). The SMILES string of the molecule is CC1(C2CC2)CNCCN1C1CC2CCC1C2. The molecule has 1 saturated heterocycles. The third-order valence-corrected chi connectivity index (χ3v) is 6.23. The zero-order chi connectivity index (χ0) is 11.5. The van der Waals surface area contributed by atoms with E-state index in [2.05, 4.69) is 17.1 Å². The van der Waals surface area contributed by atoms with E-state index in [0.717, 1.165) is 23.8 Å². The lowest BCUT2D eigenvalue weighted by atomic mass is 9.85. The number of hydrogen-bond donors (Lipinski definition) is 1. The molecular weight excluding hydrogens is 208 g/mol. The predicted octanol–water partition coefficient (Wildman–Crippen LogP) is 2.25. The minimum Gasteiger partial charge on any atom is -0.314 e. The third-order valence-electron chi connectivity index (χ3n) is 6.23. The maximum atomic E-state index is 3.65. The highest BCUT2D eigenvalue weighted by Gasteiger charge is 2.52. The van der Waals surface area contributed by atoms with Gasteiger partial charge in [-0.15, -0.1) is 0 Å². The molecule has 2 nitrogen and oxygen atoms in total. The summed E-state index contributed by atoms with van der Waals surface area (Å²) in [7, 11) is 0. The van der Waals surface area contributed by atoms with Crippen molar-refractivity contribution in [3.63, 3.8) is 0 Å². The second-order valence-electron chi connectivity index (χ2n) is 7.24. The summed E-state index contributed by atoms with van der Waals surface area (Å²) in [6.45, 7) is 6.31. The van der Waals surface area contributed by atoms with Gasteiger partial charge in [-0.3, -0.25) is 4.90 Å². The number of hydrogen-bond acceptors (Lipinski definition) is 2. The molecule has 0 radical (unpaired) electrons. The van der Waals surface area contributed by atoms with E-state index in [-0.39, 0.29) is 0 Å². The second kappa shape index (κ2) is 3.71. The topological polar surface area (TPSA) is 15.3 Å². The van der Waals surface area contributed by atoms with Crippen LogP contribution in [0.1, 0.15) is 45.4 Å². The molecule has 17 heavy (non-hydrogen) atoms. The number of rotatable bonds is 2. The number of nitrogens with zero attached hydrogens (tertiary/aromatic N) is 1. The summed E-state index contributed by atoms with van der Waals surface area (Å²) < 4.78 is 0. The van der Waals surface area contributed by atoms with Crippen molar-refractivity contribution in [2.45, 2.75) is 57.0 Å². The molecule has 3 aliphatic carbocycles. The van der Waals surface area contributed by atoms with E-state index in [1.807, 2.05) is 0 Å². The van der Waals surface area contributed by atoms with E-state index >= 15 is 0 Å². The van der Waals surface area contributed by atoms with Crippen molar-refractivity contribution in [1.82, 2.24) is 10.2 Å². The van der Waals surface area contributed by atoms with Crippen LogP contribution in [-0.4, -0.2) is 36.1 Å². The van der Waals surface area contributed by atoms with Crippen LogP contribution in [0.3, 0.4) is 0 Å². The summed E-state index contributed by atoms with van der Waals surface area (Å²) in [5.41, 5.74) is 0.493. The van der Waals surface area contributed by atoms with Gasteiger partial charge in [0.1, 0.15) is 0 Å². The van der Waals surface area contributed by atoms with Gasteiger partial charge >= 0.3 is 0 Å². The van der Waals surface area contributed by atoms with Crippen LogP contribution in [0.5, 0.6) is 0 Å². The van der Waals surface area contributed by atoms with Gasteiger partial charge in [-0.05, 0) is 56.8 Å². The third kappa shape index (κ3) is 1.60. The number of fused-ring (bicyclic) bond motifs is 2. The van der Waals surface area contributed by atoms with Gasteiger partial charge in [0, 0.05) is 31.2 Å². The van der Waals surface area contributed by atoms with Crippen LogP contribution < -0.4 is 5.32 Å². The molecule has 2 bridgehead atoms. The molecule has 0 spiro atoms. The highest BCUT2D eigenvalue weighted by molar-refractivity contribution is 5.08. The largest absolute Gasteiger partial charge is 0.314 e. The first-order valence-electron chi connectivity index (χ1n) is 7.75. The summed E-state index contributed by atoms with van der Waals surface area (Å²) in [5, 5.41) is 3.65. The molecule has 0 aromatic carbocycles. The summed E-state index contributed by atoms with van der Waals surface area (Å²) in [4.78, 5) is 2.95. The fourth-order valence-corrected chi connectivity index (χ4v) is 5.12. The van der Waals surface area contributed by atoms with Crippen LogP contribution in [0.15, 0.2) is 0 Å². The van der Waals surface area contributed by atoms with Gasteiger partial charge in [-0.2, -0.15) is 0 Å². The number of piperazine rings is 1. The Morgan fingerprint density at radius 2 is 2.00 bits per heavy atom.